The molecule has 0 saturated heterocycles. The van der Waals surface area contributed by atoms with Crippen LogP contribution >= 0.6 is 0 Å². The Morgan fingerprint density at radius 3 is 2.93 bits per heavy atom. The van der Waals surface area contributed by atoms with E-state index >= 15 is 0 Å². The van der Waals surface area contributed by atoms with Gasteiger partial charge in [-0.2, -0.15) is 5.10 Å². The van der Waals surface area contributed by atoms with Crippen LogP contribution in [0.3, 0.4) is 0 Å². The zero-order chi connectivity index (χ0) is 20.2. The molecule has 150 valence electrons. The molecule has 1 aliphatic rings. The lowest BCUT2D eigenvalue weighted by Crippen LogP contribution is -2.29. The lowest BCUT2D eigenvalue weighted by molar-refractivity contribution is 0.0859. The van der Waals surface area contributed by atoms with E-state index in [4.69, 9.17) is 14.0 Å². The Kier molecular flexibility index (Phi) is 5.20. The number of rotatable bonds is 0. The summed E-state index contributed by atoms with van der Waals surface area (Å²) >= 11 is 0. The molecule has 0 aliphatic carbocycles. The third-order valence-electron chi connectivity index (χ3n) is 4.06. The summed E-state index contributed by atoms with van der Waals surface area (Å²) in [6.45, 7) is 1.20. The van der Waals surface area contributed by atoms with E-state index in [1.54, 1.807) is 25.4 Å². The molecule has 3 aromatic rings. The van der Waals surface area contributed by atoms with Crippen LogP contribution in [0.5, 0.6) is 5.88 Å². The smallest absolute Gasteiger partial charge is 0.277 e. The van der Waals surface area contributed by atoms with Crippen LogP contribution in [0.15, 0.2) is 35.1 Å². The van der Waals surface area contributed by atoms with Crippen LogP contribution in [0.25, 0.3) is 11.3 Å². The molecule has 0 saturated carbocycles. The van der Waals surface area contributed by atoms with Gasteiger partial charge in [-0.3, -0.25) is 14.3 Å². The molecule has 11 nitrogen and oxygen atoms in total. The number of nitrogens with zero attached hydrogens (tertiary/aromatic N) is 4. The average Bonchev–Trinajstić information content (AvgIpc) is 3.34. The third kappa shape index (κ3) is 4.24. The molecule has 3 aromatic heterocycles. The Labute approximate surface area is 165 Å². The molecule has 0 spiro atoms. The highest BCUT2D eigenvalue weighted by molar-refractivity contribution is 6.07. The number of fused-ring (bicyclic) bond motifs is 6. The van der Waals surface area contributed by atoms with E-state index in [0.717, 1.165) is 0 Å². The minimum absolute atomic E-state index is 0.0593. The average molecular weight is 398 g/mol. The van der Waals surface area contributed by atoms with E-state index in [2.05, 4.69) is 25.9 Å². The Balaban J connectivity index is 1.64. The molecule has 4 bridgehead atoms. The standard InChI is InChI=1S/C18H18N6O5/c1-24-10-13-16(22-24)18(26)20-4-5-27-6-7-28-15-8-11(2-3-19-15)14-9-12(23-29-14)17(25)21-13/h2-3,8-10H,4-7H2,1H3,(H,20,26)(H,21,25). The van der Waals surface area contributed by atoms with Crippen LogP contribution in [0, 0.1) is 0 Å². The first-order chi connectivity index (χ1) is 14.1. The van der Waals surface area contributed by atoms with Crippen molar-refractivity contribution < 1.29 is 23.6 Å². The second-order valence-corrected chi connectivity index (χ2v) is 6.20. The van der Waals surface area contributed by atoms with Crippen molar-refractivity contribution in [3.8, 4) is 17.2 Å². The zero-order valence-electron chi connectivity index (χ0n) is 15.5. The largest absolute Gasteiger partial charge is 0.475 e. The summed E-state index contributed by atoms with van der Waals surface area (Å²) in [5.41, 5.74) is 1.07. The number of carbonyl (C=O) groups excluding carboxylic acids is 2. The highest BCUT2D eigenvalue weighted by Gasteiger charge is 2.21. The Bertz CT molecular complexity index is 1040. The van der Waals surface area contributed by atoms with Crippen molar-refractivity contribution in [3.05, 3.63) is 42.0 Å². The molecule has 29 heavy (non-hydrogen) atoms. The van der Waals surface area contributed by atoms with Gasteiger partial charge in [-0.1, -0.05) is 5.16 Å². The fourth-order valence-electron chi connectivity index (χ4n) is 2.72. The number of carbonyl (C=O) groups is 2. The number of hydrogen-bond acceptors (Lipinski definition) is 8. The lowest BCUT2D eigenvalue weighted by Gasteiger charge is -2.08. The lowest BCUT2D eigenvalue weighted by atomic mass is 10.2. The van der Waals surface area contributed by atoms with E-state index in [1.165, 1.54) is 16.9 Å². The molecule has 0 unspecified atom stereocenters. The number of amides is 2. The van der Waals surface area contributed by atoms with Crippen molar-refractivity contribution in [2.75, 3.05) is 31.7 Å². The minimum Gasteiger partial charge on any atom is -0.475 e. The van der Waals surface area contributed by atoms with Gasteiger partial charge < -0.3 is 24.6 Å². The second-order valence-electron chi connectivity index (χ2n) is 6.20. The molecule has 1 aliphatic heterocycles. The topological polar surface area (TPSA) is 133 Å². The maximum absolute atomic E-state index is 12.6. The summed E-state index contributed by atoms with van der Waals surface area (Å²) < 4.78 is 17.7. The molecule has 4 rings (SSSR count). The van der Waals surface area contributed by atoms with Crippen LogP contribution in [-0.4, -0.2) is 58.1 Å². The molecular formula is C18H18N6O5. The SMILES string of the molecule is Cn1cc2c(n1)C(=O)NCCOCCOc1cc(ccn1)-c1cc(no1)C(=O)N2. The maximum Gasteiger partial charge on any atom is 0.277 e. The van der Waals surface area contributed by atoms with Crippen LogP contribution in [0.4, 0.5) is 5.69 Å². The van der Waals surface area contributed by atoms with Crippen molar-refractivity contribution >= 4 is 17.5 Å². The summed E-state index contributed by atoms with van der Waals surface area (Å²) in [5, 5.41) is 13.3. The van der Waals surface area contributed by atoms with Gasteiger partial charge in [-0.25, -0.2) is 4.98 Å². The number of aromatic nitrogens is 4. The molecule has 0 aromatic carbocycles. The van der Waals surface area contributed by atoms with Gasteiger partial charge in [-0.15, -0.1) is 0 Å². The quantitative estimate of drug-likeness (QED) is 0.570. The van der Waals surface area contributed by atoms with Gasteiger partial charge in [0.2, 0.25) is 5.88 Å². The number of aryl methyl sites for hydroxylation is 1. The van der Waals surface area contributed by atoms with Crippen molar-refractivity contribution in [2.45, 2.75) is 0 Å². The predicted octanol–water partition coefficient (Wildman–Crippen LogP) is 0.861. The van der Waals surface area contributed by atoms with E-state index in [0.29, 0.717) is 37.0 Å². The third-order valence-corrected chi connectivity index (χ3v) is 4.06. The summed E-state index contributed by atoms with van der Waals surface area (Å²) in [6, 6.07) is 4.90. The van der Waals surface area contributed by atoms with Gasteiger partial charge in [-0.05, 0) is 6.07 Å². The molecule has 2 amide bonds. The summed E-state index contributed by atoms with van der Waals surface area (Å²) in [4.78, 5) is 29.1. The summed E-state index contributed by atoms with van der Waals surface area (Å²) in [5.74, 6) is -0.189. The monoisotopic (exact) mass is 398 g/mol. The van der Waals surface area contributed by atoms with E-state index in [-0.39, 0.29) is 23.6 Å². The fraction of sp³-hybridized carbons (Fsp3) is 0.278. The Morgan fingerprint density at radius 2 is 2.03 bits per heavy atom. The predicted molar refractivity (Wildman–Crippen MR) is 99.5 cm³/mol. The molecule has 0 atom stereocenters. The number of pyridine rings is 1. The number of ether oxygens (including phenoxy) is 2. The van der Waals surface area contributed by atoms with Crippen LogP contribution in [0.2, 0.25) is 0 Å². The molecule has 0 fully saturated rings. The molecular weight excluding hydrogens is 380 g/mol. The van der Waals surface area contributed by atoms with E-state index in [9.17, 15) is 9.59 Å². The first kappa shape index (κ1) is 18.6. The minimum atomic E-state index is -0.531. The van der Waals surface area contributed by atoms with Gasteiger partial charge in [0.05, 0.1) is 18.9 Å². The maximum atomic E-state index is 12.6. The highest BCUT2D eigenvalue weighted by atomic mass is 16.5. The van der Waals surface area contributed by atoms with Crippen molar-refractivity contribution in [3.63, 3.8) is 0 Å². The van der Waals surface area contributed by atoms with Gasteiger partial charge in [0.25, 0.3) is 11.8 Å². The van der Waals surface area contributed by atoms with E-state index < -0.39 is 11.8 Å². The number of nitrogens with one attached hydrogen (secondary N) is 2. The number of anilines is 1. The fourth-order valence-corrected chi connectivity index (χ4v) is 2.72. The summed E-state index contributed by atoms with van der Waals surface area (Å²) in [6.07, 6.45) is 3.11. The first-order valence-electron chi connectivity index (χ1n) is 8.87. The van der Waals surface area contributed by atoms with Crippen molar-refractivity contribution in [1.29, 1.82) is 0 Å². The second kappa shape index (κ2) is 8.10. The molecule has 11 heteroatoms. The molecule has 0 radical (unpaired) electrons. The van der Waals surface area contributed by atoms with Crippen LogP contribution in [0.1, 0.15) is 21.0 Å². The van der Waals surface area contributed by atoms with E-state index in [1.807, 2.05) is 0 Å². The highest BCUT2D eigenvalue weighted by Crippen LogP contribution is 2.24. The Morgan fingerprint density at radius 1 is 1.14 bits per heavy atom. The zero-order valence-corrected chi connectivity index (χ0v) is 15.5. The van der Waals surface area contributed by atoms with Gasteiger partial charge in [0.15, 0.2) is 17.1 Å². The van der Waals surface area contributed by atoms with Gasteiger partial charge in [0.1, 0.15) is 6.61 Å². The first-order valence-corrected chi connectivity index (χ1v) is 8.87. The van der Waals surface area contributed by atoms with Crippen LogP contribution in [-0.2, 0) is 11.8 Å². The van der Waals surface area contributed by atoms with Crippen molar-refractivity contribution in [2.24, 2.45) is 7.05 Å². The van der Waals surface area contributed by atoms with Crippen LogP contribution < -0.4 is 15.4 Å². The van der Waals surface area contributed by atoms with Gasteiger partial charge in [0, 0.05) is 43.7 Å². The molecule has 2 N–H and O–H groups in total. The van der Waals surface area contributed by atoms with Gasteiger partial charge >= 0.3 is 0 Å². The normalized spacial score (nSPS) is 15.3. The van der Waals surface area contributed by atoms with Crippen molar-refractivity contribution in [1.82, 2.24) is 25.2 Å². The molecule has 4 heterocycles. The summed E-state index contributed by atoms with van der Waals surface area (Å²) in [7, 11) is 1.65. The number of hydrogen-bond donors (Lipinski definition) is 2. The Hall–Kier alpha value is -3.73.